The van der Waals surface area contributed by atoms with E-state index in [1.165, 1.54) is 0 Å². The summed E-state index contributed by atoms with van der Waals surface area (Å²) in [4.78, 5) is 17.2. The molecule has 0 fully saturated rings. The third-order valence-corrected chi connectivity index (χ3v) is 6.19. The van der Waals surface area contributed by atoms with E-state index in [1.54, 1.807) is 10.9 Å². The lowest BCUT2D eigenvalue weighted by Crippen LogP contribution is -2.29. The molecule has 8 heteroatoms. The zero-order chi connectivity index (χ0) is 22.2. The summed E-state index contributed by atoms with van der Waals surface area (Å²) in [5.74, 6) is 0.759. The van der Waals surface area contributed by atoms with Crippen LogP contribution in [0.3, 0.4) is 0 Å². The number of aliphatic hydroxyl groups excluding tert-OH is 1. The van der Waals surface area contributed by atoms with Crippen molar-refractivity contribution in [1.82, 2.24) is 24.6 Å². The molecule has 31 heavy (non-hydrogen) atoms. The summed E-state index contributed by atoms with van der Waals surface area (Å²) < 4.78 is 3.66. The van der Waals surface area contributed by atoms with Gasteiger partial charge < -0.3 is 20.3 Å². The van der Waals surface area contributed by atoms with E-state index in [4.69, 9.17) is 5.10 Å². The van der Waals surface area contributed by atoms with Gasteiger partial charge in [0, 0.05) is 30.0 Å². The number of hydrogen-bond acceptors (Lipinski definition) is 5. The fourth-order valence-corrected chi connectivity index (χ4v) is 3.95. The second kappa shape index (κ2) is 8.19. The maximum atomic E-state index is 12.9. The number of carbonyl (C=O) groups is 1. The quantitative estimate of drug-likeness (QED) is 0.568. The highest BCUT2D eigenvalue weighted by Crippen LogP contribution is 2.37. The van der Waals surface area contributed by atoms with Gasteiger partial charge in [-0.2, -0.15) is 5.10 Å². The molecule has 3 N–H and O–H groups in total. The first-order valence-corrected chi connectivity index (χ1v) is 10.7. The third kappa shape index (κ3) is 3.83. The van der Waals surface area contributed by atoms with Gasteiger partial charge in [-0.1, -0.05) is 32.9 Å². The van der Waals surface area contributed by atoms with Crippen molar-refractivity contribution in [2.45, 2.75) is 52.1 Å². The number of amides is 1. The van der Waals surface area contributed by atoms with Crippen molar-refractivity contribution in [3.63, 3.8) is 0 Å². The van der Waals surface area contributed by atoms with E-state index in [1.807, 2.05) is 17.7 Å². The maximum Gasteiger partial charge on any atom is 0.271 e. The van der Waals surface area contributed by atoms with Gasteiger partial charge >= 0.3 is 0 Å². The highest BCUT2D eigenvalue weighted by molar-refractivity contribution is 5.99. The number of rotatable bonds is 6. The van der Waals surface area contributed by atoms with Crippen molar-refractivity contribution in [1.29, 1.82) is 0 Å². The van der Waals surface area contributed by atoms with Gasteiger partial charge in [0.2, 0.25) is 0 Å². The molecule has 0 saturated heterocycles. The lowest BCUT2D eigenvalue weighted by atomic mass is 9.85. The molecule has 1 unspecified atom stereocenters. The Labute approximate surface area is 182 Å². The second-order valence-corrected chi connectivity index (χ2v) is 8.60. The predicted octanol–water partition coefficient (Wildman–Crippen LogP) is 2.95. The molecule has 4 rings (SSSR count). The van der Waals surface area contributed by atoms with E-state index < -0.39 is 0 Å². The monoisotopic (exact) mass is 422 g/mol. The van der Waals surface area contributed by atoms with E-state index in [-0.39, 0.29) is 30.5 Å². The number of nitrogens with zero attached hydrogens (tertiary/aromatic N) is 4. The summed E-state index contributed by atoms with van der Waals surface area (Å²) in [5.41, 5.74) is 4.00. The van der Waals surface area contributed by atoms with Gasteiger partial charge in [-0.3, -0.25) is 9.48 Å². The van der Waals surface area contributed by atoms with Crippen molar-refractivity contribution in [3.8, 4) is 5.69 Å². The normalized spacial score (nSPS) is 16.4. The van der Waals surface area contributed by atoms with E-state index in [0.29, 0.717) is 12.2 Å². The molecule has 2 aromatic heterocycles. The summed E-state index contributed by atoms with van der Waals surface area (Å²) in [6.07, 6.45) is 4.60. The zero-order valence-corrected chi connectivity index (χ0v) is 18.5. The fraction of sp³-hybridized carbons (Fsp3) is 0.435. The van der Waals surface area contributed by atoms with Crippen LogP contribution in [0, 0.1) is 6.92 Å². The van der Waals surface area contributed by atoms with Crippen LogP contribution in [0.25, 0.3) is 5.69 Å². The molecule has 1 aliphatic rings. The van der Waals surface area contributed by atoms with Crippen LogP contribution in [0.5, 0.6) is 0 Å². The number of nitrogens with one attached hydrogen (secondary N) is 2. The molecule has 1 aromatic carbocycles. The molecule has 0 aliphatic carbocycles. The Hall–Kier alpha value is -3.13. The fourth-order valence-electron chi connectivity index (χ4n) is 3.95. The SMILES string of the molecule is CCC(C)(C)c1nn(CCO)c2c1NC(c1ccc(-n3ccnc3C)cc1)CNC2=O. The molecule has 0 saturated carbocycles. The summed E-state index contributed by atoms with van der Waals surface area (Å²) in [5, 5.41) is 20.8. The number of imidazole rings is 1. The first-order valence-electron chi connectivity index (χ1n) is 10.7. The Kier molecular flexibility index (Phi) is 5.58. The minimum Gasteiger partial charge on any atom is -0.394 e. The summed E-state index contributed by atoms with van der Waals surface area (Å²) in [7, 11) is 0. The van der Waals surface area contributed by atoms with E-state index in [0.717, 1.165) is 34.9 Å². The Morgan fingerprint density at radius 2 is 2.00 bits per heavy atom. The second-order valence-electron chi connectivity index (χ2n) is 8.60. The molecular formula is C23H30N6O2. The lowest BCUT2D eigenvalue weighted by molar-refractivity contribution is 0.0943. The van der Waals surface area contributed by atoms with Crippen molar-refractivity contribution >= 4 is 11.6 Å². The van der Waals surface area contributed by atoms with Crippen LogP contribution >= 0.6 is 0 Å². The number of aromatic nitrogens is 4. The lowest BCUT2D eigenvalue weighted by Gasteiger charge is -2.24. The van der Waals surface area contributed by atoms with Gasteiger partial charge in [0.1, 0.15) is 11.5 Å². The molecule has 3 heterocycles. The van der Waals surface area contributed by atoms with Crippen molar-refractivity contribution < 1.29 is 9.90 Å². The summed E-state index contributed by atoms with van der Waals surface area (Å²) >= 11 is 0. The number of anilines is 1. The largest absolute Gasteiger partial charge is 0.394 e. The van der Waals surface area contributed by atoms with Crippen LogP contribution in [-0.2, 0) is 12.0 Å². The smallest absolute Gasteiger partial charge is 0.271 e. The Morgan fingerprint density at radius 3 is 2.61 bits per heavy atom. The van der Waals surface area contributed by atoms with E-state index in [2.05, 4.69) is 60.7 Å². The molecule has 3 aromatic rings. The molecule has 8 nitrogen and oxygen atoms in total. The molecular weight excluding hydrogens is 392 g/mol. The molecule has 1 atom stereocenters. The topological polar surface area (TPSA) is 97.0 Å². The van der Waals surface area contributed by atoms with Crippen LogP contribution in [0.1, 0.15) is 60.8 Å². The predicted molar refractivity (Wildman–Crippen MR) is 120 cm³/mol. The van der Waals surface area contributed by atoms with Gasteiger partial charge in [0.25, 0.3) is 5.91 Å². The Morgan fingerprint density at radius 1 is 1.26 bits per heavy atom. The van der Waals surface area contributed by atoms with Gasteiger partial charge in [-0.25, -0.2) is 4.98 Å². The molecule has 1 aliphatic heterocycles. The number of fused-ring (bicyclic) bond motifs is 1. The van der Waals surface area contributed by atoms with E-state index >= 15 is 0 Å². The van der Waals surface area contributed by atoms with Crippen LogP contribution in [-0.4, -0.2) is 43.5 Å². The van der Waals surface area contributed by atoms with E-state index in [9.17, 15) is 9.90 Å². The van der Waals surface area contributed by atoms with Gasteiger partial charge in [0.15, 0.2) is 0 Å². The first kappa shape index (κ1) is 21.1. The number of aryl methyl sites for hydroxylation is 1. The molecule has 0 spiro atoms. The maximum absolute atomic E-state index is 12.9. The van der Waals surface area contributed by atoms with Crippen LogP contribution in [0.15, 0.2) is 36.7 Å². The molecule has 0 bridgehead atoms. The number of aliphatic hydroxyl groups is 1. The minimum absolute atomic E-state index is 0.0774. The average Bonchev–Trinajstić information content (AvgIpc) is 3.30. The van der Waals surface area contributed by atoms with Crippen molar-refractivity contribution in [2.24, 2.45) is 0 Å². The molecule has 1 amide bonds. The summed E-state index contributed by atoms with van der Waals surface area (Å²) in [6, 6.07) is 8.18. The Bertz CT molecular complexity index is 1080. The molecule has 164 valence electrons. The van der Waals surface area contributed by atoms with Gasteiger partial charge in [-0.05, 0) is 31.0 Å². The zero-order valence-electron chi connectivity index (χ0n) is 18.5. The summed E-state index contributed by atoms with van der Waals surface area (Å²) in [6.45, 7) is 9.00. The highest BCUT2D eigenvalue weighted by atomic mass is 16.3. The third-order valence-electron chi connectivity index (χ3n) is 6.19. The average molecular weight is 423 g/mol. The van der Waals surface area contributed by atoms with Gasteiger partial charge in [0.05, 0.1) is 30.6 Å². The standard InChI is InChI=1S/C23H30N6O2/c1-5-23(3,4)21-19-20(29(27-21)12-13-30)22(31)25-14-18(26-19)16-6-8-17(9-7-16)28-11-10-24-15(28)2/h6-11,18,26,30H,5,12-14H2,1-4H3,(H,25,31). The number of benzene rings is 1. The van der Waals surface area contributed by atoms with Crippen molar-refractivity contribution in [3.05, 3.63) is 59.4 Å². The number of carbonyl (C=O) groups excluding carboxylic acids is 1. The highest BCUT2D eigenvalue weighted by Gasteiger charge is 2.34. The minimum atomic E-state index is -0.213. The van der Waals surface area contributed by atoms with Gasteiger partial charge in [-0.15, -0.1) is 0 Å². The first-order chi connectivity index (χ1) is 14.9. The van der Waals surface area contributed by atoms with Crippen LogP contribution in [0.2, 0.25) is 0 Å². The Balaban J connectivity index is 1.71. The van der Waals surface area contributed by atoms with Crippen LogP contribution in [0.4, 0.5) is 5.69 Å². The number of hydrogen-bond donors (Lipinski definition) is 3. The van der Waals surface area contributed by atoms with Crippen molar-refractivity contribution in [2.75, 3.05) is 18.5 Å². The van der Waals surface area contributed by atoms with Crippen LogP contribution < -0.4 is 10.6 Å². The molecule has 0 radical (unpaired) electrons.